The highest BCUT2D eigenvalue weighted by atomic mass is 16.5. The van der Waals surface area contributed by atoms with Crippen LogP contribution in [0.4, 0.5) is 0 Å². The molecule has 1 N–H and O–H groups in total. The number of nitrogens with zero attached hydrogens (tertiary/aromatic N) is 2. The number of ether oxygens (including phenoxy) is 1. The van der Waals surface area contributed by atoms with Gasteiger partial charge in [-0.25, -0.2) is 0 Å². The standard InChI is InChI=1S/C20H25N3O2/c24-17(12-23-16-8-4-3-7-14(16)11-21-23)22-19-15-9-10-25-20(15)18(19)13-5-1-2-6-13/h3-4,7-8,11,13,15,18-20H,1-2,5-6,9-10,12H2,(H,22,24)/t15-,18+,19-,20-/m0/s1. The average molecular weight is 339 g/mol. The van der Waals surface area contributed by atoms with Crippen LogP contribution < -0.4 is 5.32 Å². The predicted molar refractivity (Wildman–Crippen MR) is 95.0 cm³/mol. The molecule has 4 atom stereocenters. The van der Waals surface area contributed by atoms with Crippen LogP contribution >= 0.6 is 0 Å². The Hall–Kier alpha value is -1.88. The Morgan fingerprint density at radius 3 is 2.96 bits per heavy atom. The van der Waals surface area contributed by atoms with Crippen molar-refractivity contribution in [2.45, 2.75) is 50.8 Å². The normalized spacial score (nSPS) is 31.8. The number of carbonyl (C=O) groups is 1. The van der Waals surface area contributed by atoms with Crippen molar-refractivity contribution >= 4 is 16.8 Å². The van der Waals surface area contributed by atoms with Gasteiger partial charge in [0.2, 0.25) is 5.91 Å². The molecule has 2 aromatic rings. The molecule has 0 radical (unpaired) electrons. The van der Waals surface area contributed by atoms with Gasteiger partial charge >= 0.3 is 0 Å². The van der Waals surface area contributed by atoms with Crippen molar-refractivity contribution in [3.8, 4) is 0 Å². The molecule has 5 rings (SSSR count). The molecule has 0 bridgehead atoms. The maximum absolute atomic E-state index is 12.7. The fraction of sp³-hybridized carbons (Fsp3) is 0.600. The largest absolute Gasteiger partial charge is 0.377 e. The number of fused-ring (bicyclic) bond motifs is 2. The summed E-state index contributed by atoms with van der Waals surface area (Å²) >= 11 is 0. The van der Waals surface area contributed by atoms with E-state index < -0.39 is 0 Å². The summed E-state index contributed by atoms with van der Waals surface area (Å²) in [5, 5.41) is 8.79. The van der Waals surface area contributed by atoms with Gasteiger partial charge in [-0.05, 0) is 18.4 Å². The van der Waals surface area contributed by atoms with Crippen LogP contribution in [0.2, 0.25) is 0 Å². The van der Waals surface area contributed by atoms with E-state index in [-0.39, 0.29) is 5.91 Å². The second kappa shape index (κ2) is 6.13. The number of benzene rings is 1. The van der Waals surface area contributed by atoms with Gasteiger partial charge in [0.15, 0.2) is 0 Å². The van der Waals surface area contributed by atoms with Gasteiger partial charge in [-0.2, -0.15) is 5.10 Å². The van der Waals surface area contributed by atoms with Gasteiger partial charge in [0, 0.05) is 29.9 Å². The van der Waals surface area contributed by atoms with Crippen LogP contribution in [-0.2, 0) is 16.1 Å². The van der Waals surface area contributed by atoms with Gasteiger partial charge in [0.25, 0.3) is 0 Å². The lowest BCUT2D eigenvalue weighted by molar-refractivity contribution is -0.130. The van der Waals surface area contributed by atoms with E-state index in [1.807, 2.05) is 30.5 Å². The van der Waals surface area contributed by atoms with E-state index in [0.717, 1.165) is 29.8 Å². The Balaban J connectivity index is 1.29. The molecule has 2 heterocycles. The molecule has 5 heteroatoms. The fourth-order valence-corrected chi connectivity index (χ4v) is 5.38. The van der Waals surface area contributed by atoms with Crippen LogP contribution in [0, 0.1) is 17.8 Å². The molecule has 3 aliphatic rings. The third kappa shape index (κ3) is 2.56. The van der Waals surface area contributed by atoms with E-state index in [1.165, 1.54) is 25.7 Å². The lowest BCUT2D eigenvalue weighted by Gasteiger charge is -2.50. The maximum Gasteiger partial charge on any atom is 0.241 e. The summed E-state index contributed by atoms with van der Waals surface area (Å²) in [7, 11) is 0. The molecule has 1 aromatic heterocycles. The Kier molecular flexibility index (Phi) is 3.77. The zero-order valence-electron chi connectivity index (χ0n) is 14.4. The minimum atomic E-state index is 0.0761. The van der Waals surface area contributed by atoms with Crippen LogP contribution in [0.15, 0.2) is 30.5 Å². The first kappa shape index (κ1) is 15.4. The Morgan fingerprint density at radius 2 is 2.08 bits per heavy atom. The lowest BCUT2D eigenvalue weighted by Crippen LogP contribution is -2.63. The first-order chi connectivity index (χ1) is 12.3. The smallest absolute Gasteiger partial charge is 0.241 e. The van der Waals surface area contributed by atoms with Crippen LogP contribution in [0.1, 0.15) is 32.1 Å². The van der Waals surface area contributed by atoms with E-state index in [1.54, 1.807) is 4.68 Å². The molecule has 0 unspecified atom stereocenters. The molecular weight excluding hydrogens is 314 g/mol. The van der Waals surface area contributed by atoms with Crippen LogP contribution in [0.25, 0.3) is 10.9 Å². The van der Waals surface area contributed by atoms with Gasteiger partial charge in [-0.15, -0.1) is 0 Å². The molecule has 2 aliphatic carbocycles. The Morgan fingerprint density at radius 1 is 1.24 bits per heavy atom. The van der Waals surface area contributed by atoms with Crippen molar-refractivity contribution in [3.05, 3.63) is 30.5 Å². The summed E-state index contributed by atoms with van der Waals surface area (Å²) in [6, 6.07) is 8.32. The number of hydrogen-bond acceptors (Lipinski definition) is 3. The van der Waals surface area contributed by atoms with E-state index in [4.69, 9.17) is 4.74 Å². The van der Waals surface area contributed by atoms with Gasteiger partial charge in [0.05, 0.1) is 17.8 Å². The quantitative estimate of drug-likeness (QED) is 0.932. The molecule has 5 nitrogen and oxygen atoms in total. The molecule has 3 fully saturated rings. The van der Waals surface area contributed by atoms with E-state index in [0.29, 0.717) is 30.5 Å². The average Bonchev–Trinajstić information content (AvgIpc) is 3.35. The van der Waals surface area contributed by atoms with E-state index in [2.05, 4.69) is 10.4 Å². The van der Waals surface area contributed by atoms with Crippen LogP contribution in [-0.4, -0.2) is 34.4 Å². The summed E-state index contributed by atoms with van der Waals surface area (Å²) in [5.74, 6) is 1.85. The molecule has 1 amide bonds. The minimum Gasteiger partial charge on any atom is -0.377 e. The summed E-state index contributed by atoms with van der Waals surface area (Å²) in [6.45, 7) is 1.15. The van der Waals surface area contributed by atoms with Crippen molar-refractivity contribution < 1.29 is 9.53 Å². The Bertz CT molecular complexity index is 775. The first-order valence-electron chi connectivity index (χ1n) is 9.63. The van der Waals surface area contributed by atoms with E-state index in [9.17, 15) is 4.79 Å². The topological polar surface area (TPSA) is 56.2 Å². The number of para-hydroxylation sites is 1. The number of hydrogen-bond donors (Lipinski definition) is 1. The zero-order chi connectivity index (χ0) is 16.8. The van der Waals surface area contributed by atoms with E-state index >= 15 is 0 Å². The van der Waals surface area contributed by atoms with Crippen molar-refractivity contribution in [1.29, 1.82) is 0 Å². The molecule has 25 heavy (non-hydrogen) atoms. The summed E-state index contributed by atoms with van der Waals surface area (Å²) in [5.41, 5.74) is 1.01. The molecule has 1 aliphatic heterocycles. The number of amides is 1. The van der Waals surface area contributed by atoms with Crippen LogP contribution in [0.3, 0.4) is 0 Å². The maximum atomic E-state index is 12.7. The van der Waals surface area contributed by atoms with Crippen molar-refractivity contribution in [3.63, 3.8) is 0 Å². The minimum absolute atomic E-state index is 0.0761. The summed E-state index contributed by atoms with van der Waals surface area (Å²) < 4.78 is 7.79. The molecule has 0 spiro atoms. The second-order valence-electron chi connectivity index (χ2n) is 7.86. The monoisotopic (exact) mass is 339 g/mol. The number of nitrogens with one attached hydrogen (secondary N) is 1. The zero-order valence-corrected chi connectivity index (χ0v) is 14.4. The SMILES string of the molecule is O=C(Cn1ncc2ccccc21)N[C@H]1[C@@H]2CCO[C@@H]2[C@@H]1C1CCCC1. The highest BCUT2D eigenvalue weighted by Gasteiger charge is 2.56. The highest BCUT2D eigenvalue weighted by Crippen LogP contribution is 2.51. The molecular formula is C20H25N3O2. The van der Waals surface area contributed by atoms with Gasteiger partial charge < -0.3 is 10.1 Å². The van der Waals surface area contributed by atoms with Crippen molar-refractivity contribution in [2.75, 3.05) is 6.61 Å². The fourth-order valence-electron chi connectivity index (χ4n) is 5.38. The highest BCUT2D eigenvalue weighted by molar-refractivity contribution is 5.82. The first-order valence-corrected chi connectivity index (χ1v) is 9.63. The van der Waals surface area contributed by atoms with Crippen molar-refractivity contribution in [1.82, 2.24) is 15.1 Å². The summed E-state index contributed by atoms with van der Waals surface area (Å²) in [4.78, 5) is 12.7. The molecule has 132 valence electrons. The molecule has 1 saturated heterocycles. The number of carbonyl (C=O) groups excluding carboxylic acids is 1. The number of aromatic nitrogens is 2. The second-order valence-corrected chi connectivity index (χ2v) is 7.86. The molecule has 2 saturated carbocycles. The summed E-state index contributed by atoms with van der Waals surface area (Å²) in [6.07, 6.45) is 8.56. The Labute approximate surface area is 147 Å². The van der Waals surface area contributed by atoms with Crippen molar-refractivity contribution in [2.24, 2.45) is 17.8 Å². The number of rotatable bonds is 4. The third-order valence-corrected chi connectivity index (χ3v) is 6.55. The lowest BCUT2D eigenvalue weighted by atomic mass is 9.61. The molecule has 1 aromatic carbocycles. The predicted octanol–water partition coefficient (Wildman–Crippen LogP) is 2.75. The van der Waals surface area contributed by atoms with Gasteiger partial charge in [-0.3, -0.25) is 9.48 Å². The third-order valence-electron chi connectivity index (χ3n) is 6.55. The van der Waals surface area contributed by atoms with Crippen LogP contribution in [0.5, 0.6) is 0 Å². The van der Waals surface area contributed by atoms with Gasteiger partial charge in [-0.1, -0.05) is 43.9 Å². The van der Waals surface area contributed by atoms with Gasteiger partial charge in [0.1, 0.15) is 6.54 Å².